The molecule has 0 fully saturated rings. The summed E-state index contributed by atoms with van der Waals surface area (Å²) in [5.41, 5.74) is 0.383. The van der Waals surface area contributed by atoms with E-state index in [-0.39, 0.29) is 17.4 Å². The lowest BCUT2D eigenvalue weighted by Crippen LogP contribution is -1.92. The Morgan fingerprint density at radius 2 is 2.29 bits per heavy atom. The lowest BCUT2D eigenvalue weighted by Gasteiger charge is -2.04. The molecule has 72 valence electrons. The molecule has 0 bridgehead atoms. The highest BCUT2D eigenvalue weighted by Gasteiger charge is 2.14. The van der Waals surface area contributed by atoms with Gasteiger partial charge >= 0.3 is 5.69 Å². The van der Waals surface area contributed by atoms with E-state index in [1.54, 1.807) is 13.0 Å². The highest BCUT2D eigenvalue weighted by molar-refractivity contribution is 5.48. The molecule has 4 nitrogen and oxygen atoms in total. The van der Waals surface area contributed by atoms with Crippen LogP contribution in [0.4, 0.5) is 5.69 Å². The van der Waals surface area contributed by atoms with Gasteiger partial charge < -0.3 is 5.11 Å². The molecule has 14 heavy (non-hydrogen) atoms. The molecule has 0 radical (unpaired) electrons. The molecule has 0 heterocycles. The number of phenols is 1. The summed E-state index contributed by atoms with van der Waals surface area (Å²) in [6.07, 6.45) is 5.19. The Morgan fingerprint density at radius 3 is 2.71 bits per heavy atom. The highest BCUT2D eigenvalue weighted by Crippen LogP contribution is 2.28. The second kappa shape index (κ2) is 3.79. The van der Waals surface area contributed by atoms with Gasteiger partial charge in [-0.2, -0.15) is 0 Å². The zero-order valence-electron chi connectivity index (χ0n) is 7.60. The zero-order valence-corrected chi connectivity index (χ0v) is 7.60. The molecule has 0 aromatic heterocycles. The molecule has 1 atom stereocenters. The Balaban J connectivity index is 3.14. The standard InChI is InChI=1S/C10H9NO3/c1-3-7(2)8-4-5-9(11(13)14)10(12)6-8/h1,4-7,12H,2H3. The third-order valence-electron chi connectivity index (χ3n) is 1.95. The van der Waals surface area contributed by atoms with Gasteiger partial charge in [0.25, 0.3) is 0 Å². The number of hydrogen-bond donors (Lipinski definition) is 1. The molecule has 1 N–H and O–H groups in total. The van der Waals surface area contributed by atoms with Crippen molar-refractivity contribution in [1.82, 2.24) is 0 Å². The van der Waals surface area contributed by atoms with Crippen molar-refractivity contribution < 1.29 is 10.0 Å². The highest BCUT2D eigenvalue weighted by atomic mass is 16.6. The van der Waals surface area contributed by atoms with Gasteiger partial charge in [-0.3, -0.25) is 10.1 Å². The van der Waals surface area contributed by atoms with Crippen LogP contribution >= 0.6 is 0 Å². The lowest BCUT2D eigenvalue weighted by atomic mass is 10.0. The van der Waals surface area contributed by atoms with Gasteiger partial charge in [0.1, 0.15) is 0 Å². The second-order valence-electron chi connectivity index (χ2n) is 2.89. The smallest absolute Gasteiger partial charge is 0.310 e. The van der Waals surface area contributed by atoms with Gasteiger partial charge in [0, 0.05) is 12.0 Å². The van der Waals surface area contributed by atoms with Crippen molar-refractivity contribution in [2.45, 2.75) is 12.8 Å². The lowest BCUT2D eigenvalue weighted by molar-refractivity contribution is -0.385. The third-order valence-corrected chi connectivity index (χ3v) is 1.95. The van der Waals surface area contributed by atoms with E-state index in [9.17, 15) is 15.2 Å². The molecule has 1 aromatic carbocycles. The van der Waals surface area contributed by atoms with Crippen LogP contribution in [0.15, 0.2) is 18.2 Å². The largest absolute Gasteiger partial charge is 0.502 e. The van der Waals surface area contributed by atoms with Gasteiger partial charge in [-0.05, 0) is 18.6 Å². The van der Waals surface area contributed by atoms with Crippen LogP contribution in [-0.2, 0) is 0 Å². The molecule has 0 saturated carbocycles. The average Bonchev–Trinajstić information content (AvgIpc) is 2.15. The van der Waals surface area contributed by atoms with Gasteiger partial charge in [0.2, 0.25) is 0 Å². The van der Waals surface area contributed by atoms with Gasteiger partial charge in [-0.25, -0.2) is 0 Å². The molecule has 0 aliphatic rings. The summed E-state index contributed by atoms with van der Waals surface area (Å²) < 4.78 is 0. The SMILES string of the molecule is C#CC(C)c1ccc([N+](=O)[O-])c(O)c1. The summed E-state index contributed by atoms with van der Waals surface area (Å²) in [6.45, 7) is 1.78. The van der Waals surface area contributed by atoms with Crippen molar-refractivity contribution in [2.75, 3.05) is 0 Å². The van der Waals surface area contributed by atoms with Crippen molar-refractivity contribution in [3.05, 3.63) is 33.9 Å². The summed E-state index contributed by atoms with van der Waals surface area (Å²) >= 11 is 0. The van der Waals surface area contributed by atoms with E-state index in [4.69, 9.17) is 6.42 Å². The first kappa shape index (κ1) is 10.1. The molecule has 0 aliphatic heterocycles. The molecule has 0 aliphatic carbocycles. The molecule has 1 rings (SSSR count). The summed E-state index contributed by atoms with van der Waals surface area (Å²) in [5, 5.41) is 19.7. The monoisotopic (exact) mass is 191 g/mol. The summed E-state index contributed by atoms with van der Waals surface area (Å²) in [6, 6.07) is 4.11. The van der Waals surface area contributed by atoms with Gasteiger partial charge in [-0.1, -0.05) is 12.0 Å². The number of benzene rings is 1. The van der Waals surface area contributed by atoms with E-state index < -0.39 is 4.92 Å². The van der Waals surface area contributed by atoms with Crippen LogP contribution < -0.4 is 0 Å². The van der Waals surface area contributed by atoms with Gasteiger partial charge in [-0.15, -0.1) is 6.42 Å². The first-order valence-corrected chi connectivity index (χ1v) is 3.99. The summed E-state index contributed by atoms with van der Waals surface area (Å²) in [4.78, 5) is 9.74. The van der Waals surface area contributed by atoms with Crippen LogP contribution in [-0.4, -0.2) is 10.0 Å². The van der Waals surface area contributed by atoms with Crippen molar-refractivity contribution in [2.24, 2.45) is 0 Å². The molecular formula is C10H9NO3. The zero-order chi connectivity index (χ0) is 10.7. The molecule has 1 aromatic rings. The molecule has 0 spiro atoms. The van der Waals surface area contributed by atoms with E-state index in [2.05, 4.69) is 5.92 Å². The van der Waals surface area contributed by atoms with Crippen LogP contribution in [0, 0.1) is 22.5 Å². The number of nitro benzene ring substituents is 1. The number of terminal acetylenes is 1. The average molecular weight is 191 g/mol. The second-order valence-corrected chi connectivity index (χ2v) is 2.89. The van der Waals surface area contributed by atoms with Crippen molar-refractivity contribution in [1.29, 1.82) is 0 Å². The van der Waals surface area contributed by atoms with E-state index in [1.165, 1.54) is 12.1 Å². The number of hydrogen-bond acceptors (Lipinski definition) is 3. The number of phenolic OH excluding ortho intramolecular Hbond substituents is 1. The molecular weight excluding hydrogens is 182 g/mol. The third kappa shape index (κ3) is 1.83. The van der Waals surface area contributed by atoms with Gasteiger partial charge in [0.05, 0.1) is 4.92 Å². The Labute approximate surface area is 81.3 Å². The minimum Gasteiger partial charge on any atom is -0.502 e. The number of nitrogens with zero attached hydrogens (tertiary/aromatic N) is 1. The van der Waals surface area contributed by atoms with Crippen LogP contribution in [0.2, 0.25) is 0 Å². The van der Waals surface area contributed by atoms with E-state index >= 15 is 0 Å². The molecule has 1 unspecified atom stereocenters. The Bertz CT molecular complexity index is 406. The minimum atomic E-state index is -0.639. The number of nitro groups is 1. The number of aromatic hydroxyl groups is 1. The predicted octanol–water partition coefficient (Wildman–Crippen LogP) is 2.04. The van der Waals surface area contributed by atoms with Crippen molar-refractivity contribution in [3.63, 3.8) is 0 Å². The van der Waals surface area contributed by atoms with Crippen LogP contribution in [0.5, 0.6) is 5.75 Å². The number of rotatable bonds is 2. The summed E-state index contributed by atoms with van der Waals surface area (Å²) in [5.74, 6) is 1.96. The molecule has 0 amide bonds. The van der Waals surface area contributed by atoms with Crippen molar-refractivity contribution >= 4 is 5.69 Å². The topological polar surface area (TPSA) is 63.4 Å². The Hall–Kier alpha value is -2.02. The summed E-state index contributed by atoms with van der Waals surface area (Å²) in [7, 11) is 0. The van der Waals surface area contributed by atoms with Crippen LogP contribution in [0.25, 0.3) is 0 Å². The maximum Gasteiger partial charge on any atom is 0.310 e. The fraction of sp³-hybridized carbons (Fsp3) is 0.200. The Kier molecular flexibility index (Phi) is 2.73. The van der Waals surface area contributed by atoms with E-state index in [1.807, 2.05) is 0 Å². The van der Waals surface area contributed by atoms with Gasteiger partial charge in [0.15, 0.2) is 5.75 Å². The fourth-order valence-electron chi connectivity index (χ4n) is 1.06. The van der Waals surface area contributed by atoms with Crippen LogP contribution in [0.3, 0.4) is 0 Å². The van der Waals surface area contributed by atoms with E-state index in [0.29, 0.717) is 5.56 Å². The quantitative estimate of drug-likeness (QED) is 0.442. The minimum absolute atomic E-state index is 0.165. The Morgan fingerprint density at radius 1 is 1.64 bits per heavy atom. The van der Waals surface area contributed by atoms with Crippen LogP contribution in [0.1, 0.15) is 18.4 Å². The maximum atomic E-state index is 10.4. The maximum absolute atomic E-state index is 10.4. The normalized spacial score (nSPS) is 11.7. The molecule has 0 saturated heterocycles. The first-order valence-electron chi connectivity index (χ1n) is 3.99. The predicted molar refractivity (Wildman–Crippen MR) is 52.0 cm³/mol. The van der Waals surface area contributed by atoms with E-state index in [0.717, 1.165) is 0 Å². The van der Waals surface area contributed by atoms with Crippen molar-refractivity contribution in [3.8, 4) is 18.1 Å². The molecule has 4 heteroatoms. The fourth-order valence-corrected chi connectivity index (χ4v) is 1.06. The first-order chi connectivity index (χ1) is 6.56.